The van der Waals surface area contributed by atoms with Gasteiger partial charge in [-0.1, -0.05) is 48.5 Å². The van der Waals surface area contributed by atoms with Crippen LogP contribution >= 0.6 is 11.3 Å². The standard InChI is InChI=1S/C25H14N2O3S/c26-14-18(12-19-10-11-23(29-19)16-6-2-1-3-7-16)24-27-21(15-31-24)20-13-17-8-4-5-9-22(17)30-25(20)28/h1-13,15H/b18-12+. The summed E-state index contributed by atoms with van der Waals surface area (Å²) in [5.74, 6) is 1.27. The fourth-order valence-corrected chi connectivity index (χ4v) is 4.02. The second kappa shape index (κ2) is 7.90. The molecule has 2 aromatic carbocycles. The minimum absolute atomic E-state index is 0.357. The van der Waals surface area contributed by atoms with Crippen LogP contribution < -0.4 is 5.63 Å². The van der Waals surface area contributed by atoms with Gasteiger partial charge in [0, 0.05) is 22.4 Å². The predicted molar refractivity (Wildman–Crippen MR) is 121 cm³/mol. The first-order chi connectivity index (χ1) is 15.2. The van der Waals surface area contributed by atoms with Gasteiger partial charge in [0.25, 0.3) is 0 Å². The van der Waals surface area contributed by atoms with Crippen LogP contribution in [0.15, 0.2) is 91.8 Å². The summed E-state index contributed by atoms with van der Waals surface area (Å²) in [6.45, 7) is 0. The van der Waals surface area contributed by atoms with Gasteiger partial charge in [-0.3, -0.25) is 0 Å². The average Bonchev–Trinajstić information content (AvgIpc) is 3.47. The van der Waals surface area contributed by atoms with Gasteiger partial charge >= 0.3 is 5.63 Å². The monoisotopic (exact) mass is 422 g/mol. The van der Waals surface area contributed by atoms with E-state index in [4.69, 9.17) is 8.83 Å². The Kier molecular flexibility index (Phi) is 4.79. The first-order valence-corrected chi connectivity index (χ1v) is 10.4. The van der Waals surface area contributed by atoms with Gasteiger partial charge in [0.05, 0.1) is 16.8 Å². The molecule has 3 aromatic heterocycles. The number of aromatic nitrogens is 1. The lowest BCUT2D eigenvalue weighted by molar-refractivity contribution is 0.563. The van der Waals surface area contributed by atoms with Crippen molar-refractivity contribution in [2.24, 2.45) is 0 Å². The number of para-hydroxylation sites is 1. The van der Waals surface area contributed by atoms with E-state index in [-0.39, 0.29) is 0 Å². The summed E-state index contributed by atoms with van der Waals surface area (Å²) in [5.41, 5.74) is 2.22. The van der Waals surface area contributed by atoms with E-state index in [1.165, 1.54) is 11.3 Å². The number of furan rings is 1. The molecule has 0 N–H and O–H groups in total. The summed E-state index contributed by atoms with van der Waals surface area (Å²) in [4.78, 5) is 16.9. The molecule has 0 saturated heterocycles. The maximum absolute atomic E-state index is 12.4. The largest absolute Gasteiger partial charge is 0.457 e. The summed E-state index contributed by atoms with van der Waals surface area (Å²) < 4.78 is 11.3. The number of rotatable bonds is 4. The van der Waals surface area contributed by atoms with E-state index in [1.807, 2.05) is 60.7 Å². The van der Waals surface area contributed by atoms with E-state index >= 15 is 0 Å². The zero-order valence-electron chi connectivity index (χ0n) is 16.1. The number of benzene rings is 2. The van der Waals surface area contributed by atoms with Crippen molar-refractivity contribution in [1.29, 1.82) is 5.26 Å². The molecule has 0 saturated carbocycles. The molecule has 5 rings (SSSR count). The molecule has 0 unspecified atom stereocenters. The predicted octanol–water partition coefficient (Wildman–Crippen LogP) is 6.24. The molecule has 0 aliphatic carbocycles. The lowest BCUT2D eigenvalue weighted by atomic mass is 10.1. The van der Waals surface area contributed by atoms with Crippen molar-refractivity contribution in [1.82, 2.24) is 4.98 Å². The van der Waals surface area contributed by atoms with Crippen LogP contribution in [0.25, 0.3) is 45.2 Å². The molecule has 3 heterocycles. The highest BCUT2D eigenvalue weighted by atomic mass is 32.1. The zero-order chi connectivity index (χ0) is 21.2. The molecule has 0 fully saturated rings. The van der Waals surface area contributed by atoms with E-state index in [9.17, 15) is 10.1 Å². The molecule has 0 aliphatic heterocycles. The molecule has 5 aromatic rings. The normalized spacial score (nSPS) is 11.5. The van der Waals surface area contributed by atoms with Gasteiger partial charge in [0.1, 0.15) is 28.2 Å². The summed E-state index contributed by atoms with van der Waals surface area (Å²) in [6, 6.07) is 24.7. The maximum atomic E-state index is 12.4. The molecule has 5 nitrogen and oxygen atoms in total. The van der Waals surface area contributed by atoms with Gasteiger partial charge in [-0.05, 0) is 24.3 Å². The highest BCUT2D eigenvalue weighted by Gasteiger charge is 2.14. The van der Waals surface area contributed by atoms with Crippen molar-refractivity contribution < 1.29 is 8.83 Å². The summed E-state index contributed by atoms with van der Waals surface area (Å²) in [6.07, 6.45) is 1.65. The molecule has 0 spiro atoms. The van der Waals surface area contributed by atoms with Crippen LogP contribution in [0.1, 0.15) is 10.8 Å². The van der Waals surface area contributed by atoms with Gasteiger partial charge in [0.2, 0.25) is 0 Å². The zero-order valence-corrected chi connectivity index (χ0v) is 16.9. The molecule has 0 amide bonds. The van der Waals surface area contributed by atoms with E-state index in [0.29, 0.717) is 33.2 Å². The Morgan fingerprint density at radius 1 is 1.00 bits per heavy atom. The van der Waals surface area contributed by atoms with Crippen LogP contribution in [0.4, 0.5) is 0 Å². The van der Waals surface area contributed by atoms with Crippen molar-refractivity contribution >= 4 is 34.0 Å². The summed E-state index contributed by atoms with van der Waals surface area (Å²) in [5, 5.41) is 12.7. The highest BCUT2D eigenvalue weighted by Crippen LogP contribution is 2.29. The van der Waals surface area contributed by atoms with Gasteiger partial charge < -0.3 is 8.83 Å². The first kappa shape index (κ1) is 18.8. The minimum Gasteiger partial charge on any atom is -0.457 e. The second-order valence-electron chi connectivity index (χ2n) is 6.76. The van der Waals surface area contributed by atoms with Crippen LogP contribution in [0.3, 0.4) is 0 Å². The minimum atomic E-state index is -0.462. The highest BCUT2D eigenvalue weighted by molar-refractivity contribution is 7.11. The Hall–Kier alpha value is -4.21. The Morgan fingerprint density at radius 2 is 1.81 bits per heavy atom. The van der Waals surface area contributed by atoms with Crippen molar-refractivity contribution in [3.63, 3.8) is 0 Å². The van der Waals surface area contributed by atoms with Crippen molar-refractivity contribution in [2.75, 3.05) is 0 Å². The van der Waals surface area contributed by atoms with Crippen LogP contribution in [0, 0.1) is 11.3 Å². The third kappa shape index (κ3) is 3.70. The molecule has 148 valence electrons. The summed E-state index contributed by atoms with van der Waals surface area (Å²) in [7, 11) is 0. The maximum Gasteiger partial charge on any atom is 0.345 e. The number of nitrogens with zero attached hydrogens (tertiary/aromatic N) is 2. The topological polar surface area (TPSA) is 80.0 Å². The molecule has 0 atom stereocenters. The fourth-order valence-electron chi connectivity index (χ4n) is 3.23. The Bertz CT molecular complexity index is 1520. The lowest BCUT2D eigenvalue weighted by Gasteiger charge is -1.99. The lowest BCUT2D eigenvalue weighted by Crippen LogP contribution is -2.02. The van der Waals surface area contributed by atoms with E-state index in [2.05, 4.69) is 11.1 Å². The van der Waals surface area contributed by atoms with Gasteiger partial charge in [0.15, 0.2) is 0 Å². The number of nitriles is 1. The van der Waals surface area contributed by atoms with Gasteiger partial charge in [-0.2, -0.15) is 5.26 Å². The van der Waals surface area contributed by atoms with E-state index in [1.54, 1.807) is 23.6 Å². The Labute approximate surface area is 181 Å². The molecule has 0 bridgehead atoms. The van der Waals surface area contributed by atoms with Crippen molar-refractivity contribution in [3.8, 4) is 28.7 Å². The number of thiazole rings is 1. The van der Waals surface area contributed by atoms with Crippen LogP contribution in [-0.2, 0) is 0 Å². The molecular weight excluding hydrogens is 408 g/mol. The number of fused-ring (bicyclic) bond motifs is 1. The smallest absolute Gasteiger partial charge is 0.345 e. The molecule has 31 heavy (non-hydrogen) atoms. The Balaban J connectivity index is 1.49. The van der Waals surface area contributed by atoms with E-state index < -0.39 is 5.63 Å². The number of allylic oxidation sites excluding steroid dienone is 1. The number of hydrogen-bond donors (Lipinski definition) is 0. The Morgan fingerprint density at radius 3 is 2.65 bits per heavy atom. The van der Waals surface area contributed by atoms with Crippen molar-refractivity contribution in [3.05, 3.63) is 99.4 Å². The van der Waals surface area contributed by atoms with Gasteiger partial charge in [-0.25, -0.2) is 9.78 Å². The average molecular weight is 422 g/mol. The SMILES string of the molecule is N#C/C(=C\c1ccc(-c2ccccc2)o1)c1nc(-c2cc3ccccc3oc2=O)cs1. The molecular formula is C25H14N2O3S. The first-order valence-electron chi connectivity index (χ1n) is 9.47. The molecule has 0 aliphatic rings. The van der Waals surface area contributed by atoms with Crippen molar-refractivity contribution in [2.45, 2.75) is 0 Å². The third-order valence-electron chi connectivity index (χ3n) is 4.74. The van der Waals surface area contributed by atoms with Crippen LogP contribution in [0.5, 0.6) is 0 Å². The molecule has 0 radical (unpaired) electrons. The van der Waals surface area contributed by atoms with Gasteiger partial charge in [-0.15, -0.1) is 11.3 Å². The second-order valence-corrected chi connectivity index (χ2v) is 7.62. The van der Waals surface area contributed by atoms with E-state index in [0.717, 1.165) is 16.7 Å². The van der Waals surface area contributed by atoms with Crippen LogP contribution in [0.2, 0.25) is 0 Å². The fraction of sp³-hybridized carbons (Fsp3) is 0. The third-order valence-corrected chi connectivity index (χ3v) is 5.62. The quantitative estimate of drug-likeness (QED) is 0.253. The number of hydrogen-bond acceptors (Lipinski definition) is 6. The van der Waals surface area contributed by atoms with Crippen LogP contribution in [-0.4, -0.2) is 4.98 Å². The molecule has 6 heteroatoms. The summed E-state index contributed by atoms with van der Waals surface area (Å²) >= 11 is 1.29.